The minimum absolute atomic E-state index is 0. The van der Waals surface area contributed by atoms with Crippen LogP contribution in [-0.2, 0) is 0 Å². The van der Waals surface area contributed by atoms with Crippen molar-refractivity contribution in [3.63, 3.8) is 0 Å². The third kappa shape index (κ3) is 1.61. The molecule has 3 nitrogen and oxygen atoms in total. The van der Waals surface area contributed by atoms with Crippen molar-refractivity contribution >= 4 is 0 Å². The van der Waals surface area contributed by atoms with Crippen molar-refractivity contribution in [2.75, 3.05) is 0 Å². The SMILES string of the molecule is C[C@@H]1[NH2+][C@H](C)[C@@H](O)[C@H]1O.[Cl-]. The molecule has 1 aliphatic heterocycles. The summed E-state index contributed by atoms with van der Waals surface area (Å²) in [5, 5.41) is 20.3. The minimum atomic E-state index is -0.542. The largest absolute Gasteiger partial charge is 1.00 e. The van der Waals surface area contributed by atoms with Gasteiger partial charge in [0, 0.05) is 0 Å². The highest BCUT2D eigenvalue weighted by atomic mass is 35.5. The molecule has 1 aliphatic rings. The molecule has 4 atom stereocenters. The Morgan fingerprint density at radius 1 is 1.00 bits per heavy atom. The Bertz CT molecular complexity index is 99.9. The summed E-state index contributed by atoms with van der Waals surface area (Å²) in [5.74, 6) is 0. The van der Waals surface area contributed by atoms with Crippen molar-refractivity contribution < 1.29 is 27.9 Å². The number of aliphatic hydroxyl groups is 2. The lowest BCUT2D eigenvalue weighted by molar-refractivity contribution is -0.700. The van der Waals surface area contributed by atoms with E-state index in [1.165, 1.54) is 0 Å². The number of quaternary nitrogens is 1. The Morgan fingerprint density at radius 2 is 1.30 bits per heavy atom. The molecule has 4 N–H and O–H groups in total. The molecule has 10 heavy (non-hydrogen) atoms. The Morgan fingerprint density at radius 3 is 1.40 bits per heavy atom. The van der Waals surface area contributed by atoms with Gasteiger partial charge in [-0.2, -0.15) is 0 Å². The van der Waals surface area contributed by atoms with Gasteiger partial charge in [-0.25, -0.2) is 0 Å². The maximum absolute atomic E-state index is 9.16. The summed E-state index contributed by atoms with van der Waals surface area (Å²) in [7, 11) is 0. The van der Waals surface area contributed by atoms with Crippen LogP contribution in [0.3, 0.4) is 0 Å². The highest BCUT2D eigenvalue weighted by Crippen LogP contribution is 2.05. The number of hydrogen-bond acceptors (Lipinski definition) is 2. The Labute approximate surface area is 66.8 Å². The molecular weight excluding hydrogens is 154 g/mol. The van der Waals surface area contributed by atoms with Crippen molar-refractivity contribution in [1.82, 2.24) is 0 Å². The highest BCUT2D eigenvalue weighted by molar-refractivity contribution is 4.81. The van der Waals surface area contributed by atoms with E-state index < -0.39 is 12.2 Å². The van der Waals surface area contributed by atoms with Crippen LogP contribution in [0.1, 0.15) is 13.8 Å². The molecule has 62 valence electrons. The molecule has 0 spiro atoms. The zero-order chi connectivity index (χ0) is 7.02. The van der Waals surface area contributed by atoms with Crippen LogP contribution in [-0.4, -0.2) is 34.5 Å². The van der Waals surface area contributed by atoms with Crippen LogP contribution in [0.2, 0.25) is 0 Å². The van der Waals surface area contributed by atoms with E-state index in [0.29, 0.717) is 0 Å². The summed E-state index contributed by atoms with van der Waals surface area (Å²) in [6.07, 6.45) is -1.08. The van der Waals surface area contributed by atoms with Gasteiger partial charge in [0.15, 0.2) is 0 Å². The van der Waals surface area contributed by atoms with E-state index in [1.54, 1.807) is 0 Å². The fraction of sp³-hybridized carbons (Fsp3) is 1.00. The number of rotatable bonds is 0. The van der Waals surface area contributed by atoms with Crippen LogP contribution in [0, 0.1) is 0 Å². The van der Waals surface area contributed by atoms with Crippen molar-refractivity contribution in [3.8, 4) is 0 Å². The molecule has 0 aromatic rings. The van der Waals surface area contributed by atoms with Gasteiger partial charge in [0.2, 0.25) is 0 Å². The van der Waals surface area contributed by atoms with E-state index in [4.69, 9.17) is 10.2 Å². The van der Waals surface area contributed by atoms with Crippen molar-refractivity contribution in [3.05, 3.63) is 0 Å². The van der Waals surface area contributed by atoms with Gasteiger partial charge in [-0.3, -0.25) is 0 Å². The first-order chi connectivity index (χ1) is 4.13. The quantitative estimate of drug-likeness (QED) is 0.339. The van der Waals surface area contributed by atoms with E-state index in [0.717, 1.165) is 0 Å². The smallest absolute Gasteiger partial charge is 0.137 e. The van der Waals surface area contributed by atoms with Crippen molar-refractivity contribution in [2.24, 2.45) is 0 Å². The standard InChI is InChI=1S/C6H13NO2.ClH/c1-3-5(8)6(9)4(2)7-3;/h3-9H,1-2H3;1H/t3-,4+,5-,6+;. The lowest BCUT2D eigenvalue weighted by atomic mass is 10.1. The van der Waals surface area contributed by atoms with Gasteiger partial charge in [-0.15, -0.1) is 0 Å². The summed E-state index contributed by atoms with van der Waals surface area (Å²) >= 11 is 0. The average Bonchev–Trinajstić information content (AvgIpc) is 1.98. The second kappa shape index (κ2) is 3.53. The lowest BCUT2D eigenvalue weighted by Crippen LogP contribution is -3.00. The van der Waals surface area contributed by atoms with Gasteiger partial charge in [-0.1, -0.05) is 0 Å². The first-order valence-electron chi connectivity index (χ1n) is 3.34. The Hall–Kier alpha value is 0.170. The predicted octanol–water partition coefficient (Wildman–Crippen LogP) is -4.93. The summed E-state index contributed by atoms with van der Waals surface area (Å²) < 4.78 is 0. The number of nitrogens with two attached hydrogens (primary N) is 1. The molecule has 0 aromatic carbocycles. The third-order valence-corrected chi connectivity index (χ3v) is 2.03. The van der Waals surface area contributed by atoms with E-state index in [1.807, 2.05) is 19.2 Å². The molecule has 0 amide bonds. The van der Waals surface area contributed by atoms with Crippen LogP contribution in [0.5, 0.6) is 0 Å². The first-order valence-corrected chi connectivity index (χ1v) is 3.34. The average molecular weight is 168 g/mol. The van der Waals surface area contributed by atoms with E-state index in [9.17, 15) is 0 Å². The van der Waals surface area contributed by atoms with Gasteiger partial charge >= 0.3 is 0 Å². The highest BCUT2D eigenvalue weighted by Gasteiger charge is 2.39. The molecule has 0 radical (unpaired) electrons. The molecule has 4 heteroatoms. The second-order valence-electron chi connectivity index (χ2n) is 2.89. The zero-order valence-electron chi connectivity index (χ0n) is 6.16. The van der Waals surface area contributed by atoms with Gasteiger partial charge < -0.3 is 27.9 Å². The van der Waals surface area contributed by atoms with Gasteiger partial charge in [0.1, 0.15) is 24.3 Å². The van der Waals surface area contributed by atoms with E-state index in [2.05, 4.69) is 0 Å². The number of hydrogen-bond donors (Lipinski definition) is 3. The maximum atomic E-state index is 9.16. The lowest BCUT2D eigenvalue weighted by Gasteiger charge is -2.06. The van der Waals surface area contributed by atoms with E-state index >= 15 is 0 Å². The number of aliphatic hydroxyl groups excluding tert-OH is 2. The van der Waals surface area contributed by atoms with E-state index in [-0.39, 0.29) is 24.5 Å². The van der Waals surface area contributed by atoms with Crippen LogP contribution < -0.4 is 17.7 Å². The normalized spacial score (nSPS) is 46.8. The van der Waals surface area contributed by atoms with Gasteiger partial charge in [-0.05, 0) is 13.8 Å². The zero-order valence-corrected chi connectivity index (χ0v) is 6.92. The van der Waals surface area contributed by atoms with Gasteiger partial charge in [0.05, 0.1) is 0 Å². The van der Waals surface area contributed by atoms with Crippen LogP contribution in [0.15, 0.2) is 0 Å². The molecule has 1 saturated heterocycles. The molecule has 1 rings (SSSR count). The second-order valence-corrected chi connectivity index (χ2v) is 2.89. The Kier molecular flexibility index (Phi) is 3.59. The summed E-state index contributed by atoms with van der Waals surface area (Å²) in [4.78, 5) is 0. The van der Waals surface area contributed by atoms with Crippen molar-refractivity contribution in [1.29, 1.82) is 0 Å². The summed E-state index contributed by atoms with van der Waals surface area (Å²) in [5.41, 5.74) is 0. The summed E-state index contributed by atoms with van der Waals surface area (Å²) in [6.45, 7) is 3.83. The molecular formula is C6H14ClNO2. The summed E-state index contributed by atoms with van der Waals surface area (Å²) in [6, 6.07) is 0.296. The van der Waals surface area contributed by atoms with Gasteiger partial charge in [0.25, 0.3) is 0 Å². The Balaban J connectivity index is 0.000000810. The third-order valence-electron chi connectivity index (χ3n) is 2.03. The monoisotopic (exact) mass is 167 g/mol. The molecule has 1 heterocycles. The first kappa shape index (κ1) is 10.2. The fourth-order valence-corrected chi connectivity index (χ4v) is 1.33. The molecule has 0 unspecified atom stereocenters. The molecule has 0 aromatic heterocycles. The molecule has 0 saturated carbocycles. The maximum Gasteiger partial charge on any atom is 0.137 e. The fourth-order valence-electron chi connectivity index (χ4n) is 1.33. The van der Waals surface area contributed by atoms with Crippen LogP contribution >= 0.6 is 0 Å². The predicted molar refractivity (Wildman–Crippen MR) is 32.9 cm³/mol. The van der Waals surface area contributed by atoms with Crippen molar-refractivity contribution in [2.45, 2.75) is 38.1 Å². The molecule has 0 bridgehead atoms. The molecule has 1 fully saturated rings. The topological polar surface area (TPSA) is 57.1 Å². The molecule has 0 aliphatic carbocycles. The number of halogens is 1. The van der Waals surface area contributed by atoms with Crippen LogP contribution in [0.4, 0.5) is 0 Å². The van der Waals surface area contributed by atoms with Crippen LogP contribution in [0.25, 0.3) is 0 Å². The minimum Gasteiger partial charge on any atom is -1.00 e.